The van der Waals surface area contributed by atoms with Crippen LogP contribution in [0.5, 0.6) is 0 Å². The Morgan fingerprint density at radius 2 is 1.86 bits per heavy atom. The molecule has 116 valence electrons. The Morgan fingerprint density at radius 3 is 2.43 bits per heavy atom. The van der Waals surface area contributed by atoms with Crippen molar-refractivity contribution in [1.82, 2.24) is 10.8 Å². The predicted octanol–water partition coefficient (Wildman–Crippen LogP) is 1.92. The van der Waals surface area contributed by atoms with Crippen LogP contribution in [0, 0.1) is 0 Å². The van der Waals surface area contributed by atoms with E-state index in [1.807, 2.05) is 35.8 Å². The fourth-order valence-electron chi connectivity index (χ4n) is 2.54. The van der Waals surface area contributed by atoms with Crippen LogP contribution in [0.25, 0.3) is 0 Å². The lowest BCUT2D eigenvalue weighted by atomic mass is 9.72. The summed E-state index contributed by atoms with van der Waals surface area (Å²) in [5.41, 5.74) is 1.90. The highest BCUT2D eigenvalue weighted by atomic mass is 19.4. The van der Waals surface area contributed by atoms with E-state index in [1.165, 1.54) is 0 Å². The van der Waals surface area contributed by atoms with E-state index in [9.17, 15) is 18.0 Å². The Labute approximate surface area is 120 Å². The molecule has 0 aliphatic carbocycles. The molecule has 0 spiro atoms. The molecule has 1 fully saturated rings. The van der Waals surface area contributed by atoms with Crippen molar-refractivity contribution in [3.8, 4) is 0 Å². The highest BCUT2D eigenvalue weighted by Crippen LogP contribution is 2.33. The minimum Gasteiger partial charge on any atom is -0.317 e. The summed E-state index contributed by atoms with van der Waals surface area (Å²) in [7, 11) is 0. The Kier molecular flexibility index (Phi) is 4.84. The van der Waals surface area contributed by atoms with Crippen molar-refractivity contribution in [2.24, 2.45) is 0 Å². The molecule has 1 aliphatic heterocycles. The third-order valence-corrected chi connectivity index (χ3v) is 3.62. The molecule has 0 aromatic heterocycles. The Hall–Kier alpha value is -1.60. The third-order valence-electron chi connectivity index (χ3n) is 3.62. The fourth-order valence-corrected chi connectivity index (χ4v) is 2.54. The largest absolute Gasteiger partial charge is 0.414 e. The van der Waals surface area contributed by atoms with Crippen molar-refractivity contribution in [1.29, 1.82) is 0 Å². The van der Waals surface area contributed by atoms with Crippen LogP contribution in [0.1, 0.15) is 18.4 Å². The molecule has 0 saturated carbocycles. The van der Waals surface area contributed by atoms with Gasteiger partial charge in [-0.2, -0.15) is 13.2 Å². The molecule has 1 heterocycles. The van der Waals surface area contributed by atoms with E-state index < -0.39 is 24.1 Å². The van der Waals surface area contributed by atoms with E-state index in [2.05, 4.69) is 10.2 Å². The number of amides is 1. The molecule has 0 radical (unpaired) electrons. The van der Waals surface area contributed by atoms with Crippen LogP contribution in [-0.2, 0) is 15.0 Å². The summed E-state index contributed by atoms with van der Waals surface area (Å²) in [4.78, 5) is 16.7. The highest BCUT2D eigenvalue weighted by molar-refractivity contribution is 5.87. The second-order valence-corrected chi connectivity index (χ2v) is 5.03. The normalized spacial score (nSPS) is 18.2. The first-order valence-electron chi connectivity index (χ1n) is 6.69. The maximum absolute atomic E-state index is 12.4. The Bertz CT molecular complexity index is 471. The van der Waals surface area contributed by atoms with Gasteiger partial charge >= 0.3 is 6.18 Å². The number of hydrogen-bond donors (Lipinski definition) is 2. The van der Waals surface area contributed by atoms with E-state index in [-0.39, 0.29) is 0 Å². The fraction of sp³-hybridized carbons (Fsp3) is 0.500. The van der Waals surface area contributed by atoms with Crippen molar-refractivity contribution < 1.29 is 22.8 Å². The molecule has 4 nitrogen and oxygen atoms in total. The third kappa shape index (κ3) is 3.95. The summed E-state index contributed by atoms with van der Waals surface area (Å²) in [5, 5.41) is 3.14. The molecule has 21 heavy (non-hydrogen) atoms. The summed E-state index contributed by atoms with van der Waals surface area (Å²) in [5.74, 6) is -0.528. The van der Waals surface area contributed by atoms with Gasteiger partial charge in [-0.3, -0.25) is 9.63 Å². The topological polar surface area (TPSA) is 50.4 Å². The number of halogens is 3. The molecular weight excluding hydrogens is 285 g/mol. The number of carbonyl (C=O) groups excluding carboxylic acids is 1. The number of carbonyl (C=O) groups is 1. The Morgan fingerprint density at radius 1 is 1.24 bits per heavy atom. The van der Waals surface area contributed by atoms with E-state index in [0.29, 0.717) is 25.9 Å². The summed E-state index contributed by atoms with van der Waals surface area (Å²) in [6.07, 6.45) is -3.45. The van der Waals surface area contributed by atoms with Crippen LogP contribution in [-0.4, -0.2) is 31.8 Å². The number of alkyl halides is 3. The standard InChI is InChI=1S/C14H17F3N2O2/c15-14(16,17)10-21-19-12(20)13(6-8-18-9-7-13)11-4-2-1-3-5-11/h1-5,18H,6-10H2,(H,19,20). The molecule has 0 atom stereocenters. The molecule has 1 aromatic rings. The van der Waals surface area contributed by atoms with E-state index in [1.54, 1.807) is 0 Å². The van der Waals surface area contributed by atoms with Crippen LogP contribution in [0.15, 0.2) is 30.3 Å². The second-order valence-electron chi connectivity index (χ2n) is 5.03. The minimum absolute atomic E-state index is 0.512. The molecule has 1 aliphatic rings. The van der Waals surface area contributed by atoms with E-state index >= 15 is 0 Å². The van der Waals surface area contributed by atoms with Crippen molar-refractivity contribution in [3.63, 3.8) is 0 Å². The zero-order valence-corrected chi connectivity index (χ0v) is 11.4. The SMILES string of the molecule is O=C(NOCC(F)(F)F)C1(c2ccccc2)CCNCC1. The van der Waals surface area contributed by atoms with Crippen molar-refractivity contribution in [2.75, 3.05) is 19.7 Å². The average molecular weight is 302 g/mol. The molecule has 7 heteroatoms. The first-order valence-corrected chi connectivity index (χ1v) is 6.69. The van der Waals surface area contributed by atoms with Crippen LogP contribution in [0.3, 0.4) is 0 Å². The van der Waals surface area contributed by atoms with Gasteiger partial charge in [-0.25, -0.2) is 5.48 Å². The van der Waals surface area contributed by atoms with Crippen molar-refractivity contribution in [2.45, 2.75) is 24.4 Å². The molecular formula is C14H17F3N2O2. The van der Waals surface area contributed by atoms with Crippen molar-refractivity contribution in [3.05, 3.63) is 35.9 Å². The number of rotatable bonds is 4. The zero-order valence-electron chi connectivity index (χ0n) is 11.4. The lowest BCUT2D eigenvalue weighted by Crippen LogP contribution is -2.51. The van der Waals surface area contributed by atoms with Gasteiger partial charge in [-0.1, -0.05) is 30.3 Å². The predicted molar refractivity (Wildman–Crippen MR) is 70.4 cm³/mol. The number of nitrogens with one attached hydrogen (secondary N) is 2. The summed E-state index contributed by atoms with van der Waals surface area (Å²) >= 11 is 0. The average Bonchev–Trinajstić information content (AvgIpc) is 2.47. The molecule has 0 bridgehead atoms. The smallest absolute Gasteiger partial charge is 0.317 e. The number of piperidine rings is 1. The van der Waals surface area contributed by atoms with E-state index in [0.717, 1.165) is 5.56 Å². The van der Waals surface area contributed by atoms with Gasteiger partial charge < -0.3 is 5.32 Å². The Balaban J connectivity index is 2.11. The summed E-state index contributed by atoms with van der Waals surface area (Å²) in [6.45, 7) is -0.245. The lowest BCUT2D eigenvalue weighted by molar-refractivity contribution is -0.193. The van der Waals surface area contributed by atoms with Gasteiger partial charge in [-0.15, -0.1) is 0 Å². The van der Waals surface area contributed by atoms with Gasteiger partial charge in [0, 0.05) is 0 Å². The molecule has 1 aromatic carbocycles. The van der Waals surface area contributed by atoms with Gasteiger partial charge in [0.05, 0.1) is 5.41 Å². The van der Waals surface area contributed by atoms with Crippen LogP contribution in [0.4, 0.5) is 13.2 Å². The highest BCUT2D eigenvalue weighted by Gasteiger charge is 2.41. The minimum atomic E-state index is -4.47. The number of hydroxylamine groups is 1. The number of benzene rings is 1. The van der Waals surface area contributed by atoms with Gasteiger partial charge in [0.15, 0.2) is 6.61 Å². The maximum atomic E-state index is 12.4. The monoisotopic (exact) mass is 302 g/mol. The first-order chi connectivity index (χ1) is 9.94. The van der Waals surface area contributed by atoms with Gasteiger partial charge in [0.1, 0.15) is 0 Å². The quantitative estimate of drug-likeness (QED) is 0.836. The van der Waals surface area contributed by atoms with Crippen molar-refractivity contribution >= 4 is 5.91 Å². The van der Waals surface area contributed by atoms with Crippen LogP contribution in [0.2, 0.25) is 0 Å². The number of hydrogen-bond acceptors (Lipinski definition) is 3. The van der Waals surface area contributed by atoms with Crippen LogP contribution >= 0.6 is 0 Å². The van der Waals surface area contributed by atoms with Crippen LogP contribution < -0.4 is 10.8 Å². The second kappa shape index (κ2) is 6.44. The van der Waals surface area contributed by atoms with Gasteiger partial charge in [0.25, 0.3) is 5.91 Å². The first kappa shape index (κ1) is 15.8. The lowest BCUT2D eigenvalue weighted by Gasteiger charge is -2.36. The van der Waals surface area contributed by atoms with Gasteiger partial charge in [0.2, 0.25) is 0 Å². The molecule has 1 amide bonds. The molecule has 2 rings (SSSR count). The molecule has 0 unspecified atom stereocenters. The van der Waals surface area contributed by atoms with E-state index in [4.69, 9.17) is 0 Å². The summed E-state index contributed by atoms with van der Waals surface area (Å²) in [6, 6.07) is 9.07. The van der Waals surface area contributed by atoms with Gasteiger partial charge in [-0.05, 0) is 31.5 Å². The zero-order chi connectivity index (χ0) is 15.3. The maximum Gasteiger partial charge on any atom is 0.414 e. The summed E-state index contributed by atoms with van der Waals surface area (Å²) < 4.78 is 36.2. The molecule has 2 N–H and O–H groups in total. The molecule has 1 saturated heterocycles.